The minimum Gasteiger partial charge on any atom is -0.372 e. The molecule has 0 spiro atoms. The number of alkyl halides is 3. The van der Waals surface area contributed by atoms with E-state index in [-0.39, 0.29) is 12.6 Å². The first kappa shape index (κ1) is 15.3. The number of terminal acetylenes is 1. The fourth-order valence-corrected chi connectivity index (χ4v) is 1.17. The molecule has 0 bridgehead atoms. The van der Waals surface area contributed by atoms with E-state index < -0.39 is 12.8 Å². The summed E-state index contributed by atoms with van der Waals surface area (Å²) in [6, 6.07) is 0.243. The van der Waals surface area contributed by atoms with Crippen molar-refractivity contribution in [3.8, 4) is 12.3 Å². The number of halogens is 3. The van der Waals surface area contributed by atoms with Crippen LogP contribution in [0.15, 0.2) is 0 Å². The van der Waals surface area contributed by atoms with Gasteiger partial charge in [0.05, 0.1) is 0 Å². The van der Waals surface area contributed by atoms with Gasteiger partial charge in [-0.1, -0.05) is 6.92 Å². The number of hydrogen-bond acceptors (Lipinski definition) is 2. The predicted molar refractivity (Wildman–Crippen MR) is 57.0 cm³/mol. The first-order valence-electron chi connectivity index (χ1n) is 5.31. The van der Waals surface area contributed by atoms with E-state index >= 15 is 0 Å². The fraction of sp³-hybridized carbons (Fsp3) is 0.818. The summed E-state index contributed by atoms with van der Waals surface area (Å²) in [5.41, 5.74) is 0. The van der Waals surface area contributed by atoms with E-state index in [1.54, 1.807) is 0 Å². The van der Waals surface area contributed by atoms with E-state index in [1.807, 2.05) is 6.92 Å². The average molecular weight is 237 g/mol. The molecule has 5 heteroatoms. The van der Waals surface area contributed by atoms with Crippen molar-refractivity contribution in [3.05, 3.63) is 0 Å². The average Bonchev–Trinajstić information content (AvgIpc) is 2.20. The molecule has 0 aliphatic heterocycles. The highest BCUT2D eigenvalue weighted by Crippen LogP contribution is 2.14. The lowest BCUT2D eigenvalue weighted by Gasteiger charge is -2.14. The van der Waals surface area contributed by atoms with Crippen molar-refractivity contribution in [2.45, 2.75) is 38.4 Å². The van der Waals surface area contributed by atoms with Crippen molar-refractivity contribution < 1.29 is 17.9 Å². The number of rotatable bonds is 8. The summed E-state index contributed by atoms with van der Waals surface area (Å²) in [4.78, 5) is 0. The molecule has 2 nitrogen and oxygen atoms in total. The Morgan fingerprint density at radius 1 is 1.44 bits per heavy atom. The van der Waals surface area contributed by atoms with Crippen molar-refractivity contribution in [2.75, 3.05) is 19.8 Å². The minimum absolute atomic E-state index is 0.110. The summed E-state index contributed by atoms with van der Waals surface area (Å²) in [5, 5.41) is 3.16. The Morgan fingerprint density at radius 2 is 2.12 bits per heavy atom. The van der Waals surface area contributed by atoms with Crippen molar-refractivity contribution >= 4 is 0 Å². The molecule has 0 aliphatic carbocycles. The fourth-order valence-electron chi connectivity index (χ4n) is 1.17. The van der Waals surface area contributed by atoms with Gasteiger partial charge in [-0.15, -0.1) is 12.3 Å². The van der Waals surface area contributed by atoms with Crippen LogP contribution < -0.4 is 5.32 Å². The molecule has 1 unspecified atom stereocenters. The highest BCUT2D eigenvalue weighted by molar-refractivity contribution is 4.89. The Hall–Kier alpha value is -0.730. The zero-order valence-electron chi connectivity index (χ0n) is 9.44. The van der Waals surface area contributed by atoms with Crippen molar-refractivity contribution in [1.29, 1.82) is 0 Å². The van der Waals surface area contributed by atoms with E-state index in [1.165, 1.54) is 0 Å². The van der Waals surface area contributed by atoms with Gasteiger partial charge in [0, 0.05) is 19.1 Å². The highest BCUT2D eigenvalue weighted by Gasteiger charge is 2.27. The summed E-state index contributed by atoms with van der Waals surface area (Å²) in [5.74, 6) is 2.55. The molecule has 0 fully saturated rings. The number of nitrogens with one attached hydrogen (secondary N) is 1. The van der Waals surface area contributed by atoms with Crippen LogP contribution in [0.1, 0.15) is 26.2 Å². The summed E-state index contributed by atoms with van der Waals surface area (Å²) < 4.78 is 39.5. The number of ether oxygens (including phenoxy) is 1. The second kappa shape index (κ2) is 8.43. The maximum absolute atomic E-state index is 11.7. The van der Waals surface area contributed by atoms with Crippen LogP contribution in [0.4, 0.5) is 13.2 Å². The highest BCUT2D eigenvalue weighted by atomic mass is 19.4. The van der Waals surface area contributed by atoms with E-state index in [4.69, 9.17) is 6.42 Å². The third-order valence-electron chi connectivity index (χ3n) is 2.02. The Labute approximate surface area is 94.5 Å². The van der Waals surface area contributed by atoms with Gasteiger partial charge >= 0.3 is 6.18 Å². The SMILES string of the molecule is C#CCC(CC)NCCCOCC(F)(F)F. The zero-order valence-corrected chi connectivity index (χ0v) is 9.44. The monoisotopic (exact) mass is 237 g/mol. The van der Waals surface area contributed by atoms with Gasteiger partial charge in [0.2, 0.25) is 0 Å². The largest absolute Gasteiger partial charge is 0.411 e. The zero-order chi connectivity index (χ0) is 12.4. The van der Waals surface area contributed by atoms with Crippen LogP contribution in [0.25, 0.3) is 0 Å². The predicted octanol–water partition coefficient (Wildman–Crippen LogP) is 2.35. The molecule has 94 valence electrons. The van der Waals surface area contributed by atoms with Gasteiger partial charge in [-0.2, -0.15) is 13.2 Å². The molecule has 0 heterocycles. The van der Waals surface area contributed by atoms with Crippen LogP contribution in [-0.4, -0.2) is 32.0 Å². The van der Waals surface area contributed by atoms with Crippen LogP contribution in [-0.2, 0) is 4.74 Å². The molecule has 0 aromatic heterocycles. The Morgan fingerprint density at radius 3 is 2.62 bits per heavy atom. The molecule has 0 saturated heterocycles. The van der Waals surface area contributed by atoms with Gasteiger partial charge in [-0.25, -0.2) is 0 Å². The standard InChI is InChI=1S/C11H18F3NO/c1-3-6-10(4-2)15-7-5-8-16-9-11(12,13)14/h1,10,15H,4-9H2,2H3. The molecular formula is C11H18F3NO. The van der Waals surface area contributed by atoms with Gasteiger partial charge in [-0.3, -0.25) is 0 Å². The molecule has 0 aromatic carbocycles. The lowest BCUT2D eigenvalue weighted by atomic mass is 10.1. The molecule has 1 atom stereocenters. The summed E-state index contributed by atoms with van der Waals surface area (Å²) in [7, 11) is 0. The maximum Gasteiger partial charge on any atom is 0.411 e. The van der Waals surface area contributed by atoms with Crippen LogP contribution in [0.5, 0.6) is 0 Å². The summed E-state index contributed by atoms with van der Waals surface area (Å²) in [6.07, 6.45) is 3.03. The van der Waals surface area contributed by atoms with Crippen LogP contribution >= 0.6 is 0 Å². The number of hydrogen-bond donors (Lipinski definition) is 1. The molecule has 0 rings (SSSR count). The van der Waals surface area contributed by atoms with E-state index in [0.717, 1.165) is 6.42 Å². The van der Waals surface area contributed by atoms with Crippen LogP contribution in [0, 0.1) is 12.3 Å². The third-order valence-corrected chi connectivity index (χ3v) is 2.02. The van der Waals surface area contributed by atoms with E-state index in [9.17, 15) is 13.2 Å². The van der Waals surface area contributed by atoms with Crippen molar-refractivity contribution in [1.82, 2.24) is 5.32 Å². The lowest BCUT2D eigenvalue weighted by molar-refractivity contribution is -0.173. The van der Waals surface area contributed by atoms with Crippen LogP contribution in [0.2, 0.25) is 0 Å². The normalized spacial score (nSPS) is 13.4. The van der Waals surface area contributed by atoms with E-state index in [0.29, 0.717) is 19.4 Å². The minimum atomic E-state index is -4.23. The smallest absolute Gasteiger partial charge is 0.372 e. The second-order valence-corrected chi connectivity index (χ2v) is 3.49. The van der Waals surface area contributed by atoms with Crippen LogP contribution in [0.3, 0.4) is 0 Å². The topological polar surface area (TPSA) is 21.3 Å². The molecule has 0 amide bonds. The molecular weight excluding hydrogens is 219 g/mol. The molecule has 0 radical (unpaired) electrons. The first-order valence-corrected chi connectivity index (χ1v) is 5.31. The Balaban J connectivity index is 3.36. The first-order chi connectivity index (χ1) is 7.49. The summed E-state index contributed by atoms with van der Waals surface area (Å²) in [6.45, 7) is 1.57. The van der Waals surface area contributed by atoms with Gasteiger partial charge in [0.25, 0.3) is 0 Å². The van der Waals surface area contributed by atoms with Gasteiger partial charge in [0.1, 0.15) is 6.61 Å². The lowest BCUT2D eigenvalue weighted by Crippen LogP contribution is -2.29. The Kier molecular flexibility index (Phi) is 8.04. The van der Waals surface area contributed by atoms with Crippen molar-refractivity contribution in [3.63, 3.8) is 0 Å². The second-order valence-electron chi connectivity index (χ2n) is 3.49. The van der Waals surface area contributed by atoms with Gasteiger partial charge in [0.15, 0.2) is 0 Å². The molecule has 0 aromatic rings. The quantitative estimate of drug-likeness (QED) is 0.517. The van der Waals surface area contributed by atoms with E-state index in [2.05, 4.69) is 16.0 Å². The maximum atomic E-state index is 11.7. The van der Waals surface area contributed by atoms with Crippen molar-refractivity contribution in [2.24, 2.45) is 0 Å². The van der Waals surface area contributed by atoms with Gasteiger partial charge < -0.3 is 10.1 Å². The third kappa shape index (κ3) is 9.81. The Bertz CT molecular complexity index is 210. The summed E-state index contributed by atoms with van der Waals surface area (Å²) >= 11 is 0. The molecule has 16 heavy (non-hydrogen) atoms. The molecule has 0 aliphatic rings. The van der Waals surface area contributed by atoms with Gasteiger partial charge in [-0.05, 0) is 19.4 Å². The molecule has 0 saturated carbocycles. The molecule has 1 N–H and O–H groups in total.